The molecule has 0 amide bonds. The van der Waals surface area contributed by atoms with Crippen LogP contribution in [0.25, 0.3) is 33.1 Å². The highest BCUT2D eigenvalue weighted by atomic mass is 32.2. The lowest BCUT2D eigenvalue weighted by molar-refractivity contribution is 0.267. The Morgan fingerprint density at radius 3 is 2.82 bits per heavy atom. The van der Waals surface area contributed by atoms with Gasteiger partial charge >= 0.3 is 5.69 Å². The number of anilines is 1. The minimum Gasteiger partial charge on any atom is -0.593 e. The highest BCUT2D eigenvalue weighted by Crippen LogP contribution is 2.45. The van der Waals surface area contributed by atoms with Gasteiger partial charge in [0.15, 0.2) is 0 Å². The van der Waals surface area contributed by atoms with Crippen molar-refractivity contribution in [3.05, 3.63) is 40.8 Å². The average Bonchev–Trinajstić information content (AvgIpc) is 3.73. The number of hydrogen-bond acceptors (Lipinski definition) is 8. The normalized spacial score (nSPS) is 17.6. The lowest BCUT2D eigenvalue weighted by atomic mass is 10.0. The van der Waals surface area contributed by atoms with Gasteiger partial charge in [-0.05, 0) is 33.5 Å². The number of hydrogen-bond donors (Lipinski definition) is 1. The molecule has 12 heteroatoms. The Morgan fingerprint density at radius 2 is 2.08 bits per heavy atom. The summed E-state index contributed by atoms with van der Waals surface area (Å²) in [5.41, 5.74) is 2.61. The second-order valence-electron chi connectivity index (χ2n) is 10.5. The average molecular weight is 555 g/mol. The van der Waals surface area contributed by atoms with E-state index >= 15 is 4.39 Å². The molecule has 0 spiro atoms. The highest BCUT2D eigenvalue weighted by molar-refractivity contribution is 7.93. The summed E-state index contributed by atoms with van der Waals surface area (Å²) in [4.78, 5) is 24.1. The number of pyridine rings is 2. The molecule has 206 valence electrons. The number of aromatic nitrogens is 4. The first-order valence-electron chi connectivity index (χ1n) is 13.0. The molecule has 1 N–H and O–H groups in total. The quantitative estimate of drug-likeness (QED) is 0.247. The zero-order valence-corrected chi connectivity index (χ0v) is 23.2. The largest absolute Gasteiger partial charge is 0.593 e. The van der Waals surface area contributed by atoms with E-state index in [1.807, 2.05) is 21.0 Å². The summed E-state index contributed by atoms with van der Waals surface area (Å²) in [7, 11) is 5.69. The van der Waals surface area contributed by atoms with E-state index in [-0.39, 0.29) is 29.2 Å². The molecule has 0 saturated heterocycles. The van der Waals surface area contributed by atoms with E-state index in [0.717, 1.165) is 25.8 Å². The van der Waals surface area contributed by atoms with Gasteiger partial charge in [0.25, 0.3) is 0 Å². The number of aryl methyl sites for hydroxylation is 1. The van der Waals surface area contributed by atoms with E-state index < -0.39 is 17.2 Å². The SMILES string of the molecule is CC1COc2c(-c3cnc(OCCCN(C)C)c(N[S+]([O-])C4CC4)c3)c(F)cc3ncc4c(c23)n1c(=O)n4C. The van der Waals surface area contributed by atoms with E-state index in [2.05, 4.69) is 19.6 Å². The summed E-state index contributed by atoms with van der Waals surface area (Å²) >= 11 is -1.31. The summed E-state index contributed by atoms with van der Waals surface area (Å²) in [5.74, 6) is 0.0935. The molecule has 10 nitrogen and oxygen atoms in total. The van der Waals surface area contributed by atoms with E-state index in [9.17, 15) is 9.35 Å². The van der Waals surface area contributed by atoms with Crippen LogP contribution >= 0.6 is 0 Å². The van der Waals surface area contributed by atoms with Gasteiger partial charge in [-0.25, -0.2) is 18.9 Å². The van der Waals surface area contributed by atoms with Crippen LogP contribution in [0.3, 0.4) is 0 Å². The van der Waals surface area contributed by atoms with Crippen LogP contribution in [0.1, 0.15) is 32.2 Å². The first-order valence-corrected chi connectivity index (χ1v) is 14.3. The van der Waals surface area contributed by atoms with Crippen molar-refractivity contribution in [2.75, 3.05) is 38.6 Å². The van der Waals surface area contributed by atoms with Gasteiger partial charge in [-0.15, -0.1) is 0 Å². The molecule has 0 radical (unpaired) electrons. The monoisotopic (exact) mass is 554 g/mol. The Kier molecular flexibility index (Phi) is 6.64. The van der Waals surface area contributed by atoms with Crippen molar-refractivity contribution in [1.82, 2.24) is 24.0 Å². The zero-order valence-electron chi connectivity index (χ0n) is 22.4. The Balaban J connectivity index is 1.49. The molecular formula is C27H31FN6O4S. The van der Waals surface area contributed by atoms with Gasteiger partial charge in [-0.3, -0.25) is 14.1 Å². The van der Waals surface area contributed by atoms with Gasteiger partial charge in [-0.2, -0.15) is 0 Å². The number of halogens is 1. The maximum Gasteiger partial charge on any atom is 0.329 e. The van der Waals surface area contributed by atoms with Crippen molar-refractivity contribution in [3.63, 3.8) is 0 Å². The smallest absolute Gasteiger partial charge is 0.329 e. The van der Waals surface area contributed by atoms with E-state index in [1.165, 1.54) is 12.3 Å². The maximum atomic E-state index is 15.8. The van der Waals surface area contributed by atoms with Gasteiger partial charge in [0.2, 0.25) is 5.88 Å². The van der Waals surface area contributed by atoms with Crippen molar-refractivity contribution in [2.45, 2.75) is 37.5 Å². The molecule has 1 fully saturated rings. The summed E-state index contributed by atoms with van der Waals surface area (Å²) in [6.45, 7) is 3.36. The van der Waals surface area contributed by atoms with Crippen molar-refractivity contribution in [2.24, 2.45) is 7.05 Å². The third-order valence-corrected chi connectivity index (χ3v) is 8.69. The van der Waals surface area contributed by atoms with Crippen LogP contribution in [-0.4, -0.2) is 67.7 Å². The van der Waals surface area contributed by atoms with Crippen LogP contribution < -0.4 is 19.9 Å². The molecule has 4 heterocycles. The van der Waals surface area contributed by atoms with Crippen molar-refractivity contribution in [3.8, 4) is 22.8 Å². The van der Waals surface area contributed by atoms with Crippen LogP contribution in [0.2, 0.25) is 0 Å². The Labute approximate surface area is 228 Å². The summed E-state index contributed by atoms with van der Waals surface area (Å²) in [5, 5.41) is 0.655. The minimum absolute atomic E-state index is 0.0799. The number of ether oxygens (including phenoxy) is 2. The van der Waals surface area contributed by atoms with Gasteiger partial charge in [0, 0.05) is 44.3 Å². The van der Waals surface area contributed by atoms with Crippen LogP contribution in [0.4, 0.5) is 10.1 Å². The van der Waals surface area contributed by atoms with E-state index in [4.69, 9.17) is 9.47 Å². The zero-order chi connectivity index (χ0) is 27.4. The molecule has 1 saturated carbocycles. The van der Waals surface area contributed by atoms with Gasteiger partial charge in [0.05, 0.1) is 57.7 Å². The summed E-state index contributed by atoms with van der Waals surface area (Å²) < 4.78 is 47.0. The second kappa shape index (κ2) is 10.00. The molecule has 2 unspecified atom stereocenters. The number of nitrogens with one attached hydrogen (secondary N) is 1. The predicted octanol–water partition coefficient (Wildman–Crippen LogP) is 3.61. The molecule has 2 aliphatic rings. The number of imidazole rings is 1. The molecule has 1 aliphatic heterocycles. The van der Waals surface area contributed by atoms with Crippen LogP contribution in [0.15, 0.2) is 29.3 Å². The molecule has 6 rings (SSSR count). The lowest BCUT2D eigenvalue weighted by Crippen LogP contribution is -2.27. The van der Waals surface area contributed by atoms with E-state index in [1.54, 1.807) is 28.4 Å². The number of benzene rings is 1. The van der Waals surface area contributed by atoms with Gasteiger partial charge < -0.3 is 18.9 Å². The molecule has 0 bridgehead atoms. The van der Waals surface area contributed by atoms with Crippen molar-refractivity contribution >= 4 is 39.0 Å². The summed E-state index contributed by atoms with van der Waals surface area (Å²) in [6.07, 6.45) is 5.71. The third-order valence-electron chi connectivity index (χ3n) is 7.19. The molecule has 1 aromatic carbocycles. The molecule has 4 aromatic rings. The molecular weight excluding hydrogens is 523 g/mol. The Morgan fingerprint density at radius 1 is 1.28 bits per heavy atom. The molecule has 3 aromatic heterocycles. The summed E-state index contributed by atoms with van der Waals surface area (Å²) in [6, 6.07) is 2.79. The Bertz CT molecular complexity index is 1630. The maximum absolute atomic E-state index is 15.8. The minimum atomic E-state index is -1.31. The van der Waals surface area contributed by atoms with Crippen LogP contribution in [-0.2, 0) is 18.4 Å². The standard InChI is InChI=1S/C27H31FN6O4S/c1-15-14-38-25-22(18(28)11-19-23(25)24-21(13-29-19)33(4)27(35)34(15)24)16-10-20(31-39(36)17-6-7-17)26(30-12-16)37-9-5-8-32(2)3/h10-13,15,17,31H,5-9,14H2,1-4H3. The fourth-order valence-corrected chi connectivity index (χ4v) is 6.11. The topological polar surface area (TPSA) is 110 Å². The molecule has 39 heavy (non-hydrogen) atoms. The van der Waals surface area contributed by atoms with Crippen molar-refractivity contribution < 1.29 is 18.4 Å². The van der Waals surface area contributed by atoms with Gasteiger partial charge in [0.1, 0.15) is 29.1 Å². The first kappa shape index (κ1) is 25.9. The fourth-order valence-electron chi connectivity index (χ4n) is 5.02. The fraction of sp³-hybridized carbons (Fsp3) is 0.444. The van der Waals surface area contributed by atoms with E-state index in [0.29, 0.717) is 51.4 Å². The number of rotatable bonds is 9. The van der Waals surface area contributed by atoms with Crippen LogP contribution in [0.5, 0.6) is 11.6 Å². The van der Waals surface area contributed by atoms with Gasteiger partial charge in [-0.1, -0.05) is 0 Å². The second-order valence-corrected chi connectivity index (χ2v) is 12.0. The first-order chi connectivity index (χ1) is 18.7. The lowest BCUT2D eigenvalue weighted by Gasteiger charge is -2.18. The molecule has 2 atom stereocenters. The van der Waals surface area contributed by atoms with Crippen LogP contribution in [0, 0.1) is 5.82 Å². The Hall–Kier alpha value is -3.35. The van der Waals surface area contributed by atoms with Crippen molar-refractivity contribution in [1.29, 1.82) is 0 Å². The predicted molar refractivity (Wildman–Crippen MR) is 149 cm³/mol. The third kappa shape index (κ3) is 4.60. The highest BCUT2D eigenvalue weighted by Gasteiger charge is 2.36. The molecule has 1 aliphatic carbocycles. The number of nitrogens with zero attached hydrogens (tertiary/aromatic N) is 5.